The SMILES string of the molecule is CCC(C)CCCN(CCCOc1ccccc1C(=O)O)c1nc2ccccc2o1. The van der Waals surface area contributed by atoms with Gasteiger partial charge in [-0.2, -0.15) is 4.98 Å². The van der Waals surface area contributed by atoms with Crippen LogP contribution in [0.5, 0.6) is 5.75 Å². The van der Waals surface area contributed by atoms with E-state index < -0.39 is 5.97 Å². The summed E-state index contributed by atoms with van der Waals surface area (Å²) < 4.78 is 11.7. The molecule has 0 bridgehead atoms. The van der Waals surface area contributed by atoms with Crippen LogP contribution >= 0.6 is 0 Å². The summed E-state index contributed by atoms with van der Waals surface area (Å²) in [6.07, 6.45) is 4.14. The Morgan fingerprint density at radius 1 is 1.13 bits per heavy atom. The second-order valence-corrected chi connectivity index (χ2v) is 7.61. The highest BCUT2D eigenvalue weighted by atomic mass is 16.5. The fourth-order valence-electron chi connectivity index (χ4n) is 3.34. The average molecular weight is 411 g/mol. The molecule has 1 N–H and O–H groups in total. The van der Waals surface area contributed by atoms with Crippen molar-refractivity contribution in [2.24, 2.45) is 5.92 Å². The van der Waals surface area contributed by atoms with Crippen LogP contribution in [0.15, 0.2) is 52.9 Å². The molecule has 1 atom stereocenters. The Bertz CT molecular complexity index is 920. The van der Waals surface area contributed by atoms with Crippen molar-refractivity contribution >= 4 is 23.1 Å². The molecule has 6 nitrogen and oxygen atoms in total. The number of nitrogens with zero attached hydrogens (tertiary/aromatic N) is 2. The maximum Gasteiger partial charge on any atom is 0.339 e. The van der Waals surface area contributed by atoms with Crippen molar-refractivity contribution in [3.8, 4) is 5.75 Å². The first-order valence-electron chi connectivity index (χ1n) is 10.6. The summed E-state index contributed by atoms with van der Waals surface area (Å²) in [5, 5.41) is 9.28. The van der Waals surface area contributed by atoms with Crippen LogP contribution in [0.25, 0.3) is 11.1 Å². The van der Waals surface area contributed by atoms with Crippen LogP contribution in [0, 0.1) is 5.92 Å². The predicted molar refractivity (Wildman–Crippen MR) is 118 cm³/mol. The van der Waals surface area contributed by atoms with Gasteiger partial charge in [-0.3, -0.25) is 0 Å². The third kappa shape index (κ3) is 5.75. The van der Waals surface area contributed by atoms with Gasteiger partial charge in [-0.15, -0.1) is 0 Å². The van der Waals surface area contributed by atoms with Gasteiger partial charge in [0.2, 0.25) is 0 Å². The summed E-state index contributed by atoms with van der Waals surface area (Å²) in [7, 11) is 0. The summed E-state index contributed by atoms with van der Waals surface area (Å²) >= 11 is 0. The normalized spacial score (nSPS) is 12.1. The number of anilines is 1. The summed E-state index contributed by atoms with van der Waals surface area (Å²) in [4.78, 5) is 18.1. The summed E-state index contributed by atoms with van der Waals surface area (Å²) in [5.74, 6) is 0.116. The summed E-state index contributed by atoms with van der Waals surface area (Å²) in [6.45, 7) is 6.50. The molecule has 3 rings (SSSR count). The highest BCUT2D eigenvalue weighted by Crippen LogP contribution is 2.23. The minimum Gasteiger partial charge on any atom is -0.493 e. The van der Waals surface area contributed by atoms with Crippen molar-refractivity contribution in [1.29, 1.82) is 0 Å². The number of carboxylic acid groups (broad SMARTS) is 1. The Morgan fingerprint density at radius 2 is 1.87 bits per heavy atom. The number of aromatic nitrogens is 1. The van der Waals surface area contributed by atoms with E-state index in [-0.39, 0.29) is 5.56 Å². The molecular formula is C24H30N2O4. The van der Waals surface area contributed by atoms with Crippen molar-refractivity contribution < 1.29 is 19.1 Å². The van der Waals surface area contributed by atoms with Crippen molar-refractivity contribution in [1.82, 2.24) is 4.98 Å². The zero-order chi connectivity index (χ0) is 21.3. The smallest absolute Gasteiger partial charge is 0.339 e. The highest BCUT2D eigenvalue weighted by molar-refractivity contribution is 5.90. The van der Waals surface area contributed by atoms with Crippen molar-refractivity contribution in [2.75, 3.05) is 24.6 Å². The largest absolute Gasteiger partial charge is 0.493 e. The van der Waals surface area contributed by atoms with E-state index in [1.165, 1.54) is 6.42 Å². The van der Waals surface area contributed by atoms with Gasteiger partial charge in [0.15, 0.2) is 5.58 Å². The third-order valence-electron chi connectivity index (χ3n) is 5.32. The number of rotatable bonds is 12. The van der Waals surface area contributed by atoms with E-state index in [2.05, 4.69) is 23.7 Å². The highest BCUT2D eigenvalue weighted by Gasteiger charge is 2.15. The number of benzene rings is 2. The van der Waals surface area contributed by atoms with Gasteiger partial charge >= 0.3 is 5.97 Å². The second-order valence-electron chi connectivity index (χ2n) is 7.61. The Morgan fingerprint density at radius 3 is 2.63 bits per heavy atom. The van der Waals surface area contributed by atoms with Crippen LogP contribution < -0.4 is 9.64 Å². The van der Waals surface area contributed by atoms with Gasteiger partial charge in [0.25, 0.3) is 6.01 Å². The van der Waals surface area contributed by atoms with Crippen molar-refractivity contribution in [3.05, 3.63) is 54.1 Å². The molecule has 0 aliphatic carbocycles. The van der Waals surface area contributed by atoms with Crippen LogP contribution in [0.4, 0.5) is 6.01 Å². The number of fused-ring (bicyclic) bond motifs is 1. The molecule has 2 aromatic carbocycles. The topological polar surface area (TPSA) is 75.8 Å². The first-order chi connectivity index (χ1) is 14.6. The van der Waals surface area contributed by atoms with Crippen LogP contribution in [-0.4, -0.2) is 35.8 Å². The Balaban J connectivity index is 1.61. The van der Waals surface area contributed by atoms with Crippen LogP contribution in [0.2, 0.25) is 0 Å². The molecule has 1 unspecified atom stereocenters. The number of carboxylic acids is 1. The maximum atomic E-state index is 11.3. The van der Waals surface area contributed by atoms with E-state index in [9.17, 15) is 9.90 Å². The van der Waals surface area contributed by atoms with Gasteiger partial charge in [0.1, 0.15) is 16.8 Å². The fraction of sp³-hybridized carbons (Fsp3) is 0.417. The molecule has 3 aromatic rings. The van der Waals surface area contributed by atoms with Gasteiger partial charge in [0, 0.05) is 13.1 Å². The molecule has 1 heterocycles. The lowest BCUT2D eigenvalue weighted by atomic mass is 10.0. The first-order valence-corrected chi connectivity index (χ1v) is 10.6. The quantitative estimate of drug-likeness (QED) is 0.390. The van der Waals surface area contributed by atoms with Crippen LogP contribution in [0.1, 0.15) is 49.9 Å². The second kappa shape index (κ2) is 10.7. The summed E-state index contributed by atoms with van der Waals surface area (Å²) in [6, 6.07) is 15.1. The first kappa shape index (κ1) is 21.7. The zero-order valence-corrected chi connectivity index (χ0v) is 17.7. The standard InChI is InChI=1S/C24H30N2O4/c1-3-18(2)10-8-15-26(24-25-20-12-5-7-14-22(20)30-24)16-9-17-29-21-13-6-4-11-19(21)23(27)28/h4-7,11-14,18H,3,8-10,15-17H2,1-2H3,(H,27,28). The van der Waals surface area contributed by atoms with Crippen molar-refractivity contribution in [3.63, 3.8) is 0 Å². The molecule has 0 aliphatic heterocycles. The van der Waals surface area contributed by atoms with Gasteiger partial charge in [0.05, 0.1) is 6.61 Å². The molecule has 0 aliphatic rings. The van der Waals surface area contributed by atoms with E-state index in [0.717, 1.165) is 43.5 Å². The van der Waals surface area contributed by atoms with E-state index in [1.54, 1.807) is 24.3 Å². The number of para-hydroxylation sites is 3. The molecule has 0 amide bonds. The molecule has 0 saturated heterocycles. The third-order valence-corrected chi connectivity index (χ3v) is 5.32. The molecule has 6 heteroatoms. The molecular weight excluding hydrogens is 380 g/mol. The van der Waals surface area contributed by atoms with Gasteiger partial charge in [-0.05, 0) is 49.4 Å². The van der Waals surface area contributed by atoms with E-state index in [4.69, 9.17) is 9.15 Å². The monoisotopic (exact) mass is 410 g/mol. The van der Waals surface area contributed by atoms with Gasteiger partial charge < -0.3 is 19.2 Å². The van der Waals surface area contributed by atoms with Crippen molar-refractivity contribution in [2.45, 2.75) is 39.5 Å². The molecule has 160 valence electrons. The predicted octanol–water partition coefficient (Wildman–Crippen LogP) is 5.63. The van der Waals surface area contributed by atoms with E-state index in [0.29, 0.717) is 24.3 Å². The molecule has 0 saturated carbocycles. The Hall–Kier alpha value is -3.02. The lowest BCUT2D eigenvalue weighted by Gasteiger charge is -2.21. The lowest BCUT2D eigenvalue weighted by molar-refractivity contribution is 0.0692. The van der Waals surface area contributed by atoms with E-state index in [1.807, 2.05) is 24.3 Å². The number of oxazole rings is 1. The fourth-order valence-corrected chi connectivity index (χ4v) is 3.34. The Labute approximate surface area is 177 Å². The van der Waals surface area contributed by atoms with Crippen LogP contribution in [0.3, 0.4) is 0 Å². The number of aromatic carboxylic acids is 1. The number of carbonyl (C=O) groups is 1. The minimum absolute atomic E-state index is 0.182. The minimum atomic E-state index is -0.983. The summed E-state index contributed by atoms with van der Waals surface area (Å²) in [5.41, 5.74) is 1.82. The van der Waals surface area contributed by atoms with Gasteiger partial charge in [-0.1, -0.05) is 44.5 Å². The molecule has 30 heavy (non-hydrogen) atoms. The lowest BCUT2D eigenvalue weighted by Crippen LogP contribution is -2.27. The van der Waals surface area contributed by atoms with Crippen LogP contribution in [-0.2, 0) is 0 Å². The molecule has 0 fully saturated rings. The van der Waals surface area contributed by atoms with E-state index >= 15 is 0 Å². The molecule has 0 spiro atoms. The average Bonchev–Trinajstić information content (AvgIpc) is 3.19. The van der Waals surface area contributed by atoms with Gasteiger partial charge in [-0.25, -0.2) is 4.79 Å². The zero-order valence-electron chi connectivity index (χ0n) is 17.7. The molecule has 1 aromatic heterocycles. The number of hydrogen-bond donors (Lipinski definition) is 1. The Kier molecular flexibility index (Phi) is 7.71. The molecule has 0 radical (unpaired) electrons. The number of hydrogen-bond acceptors (Lipinski definition) is 5. The number of ether oxygens (including phenoxy) is 1. The maximum absolute atomic E-state index is 11.3.